The Morgan fingerprint density at radius 1 is 1.09 bits per heavy atom. The Hall–Kier alpha value is -3.71. The number of hydrogen-bond donors (Lipinski definition) is 1. The first kappa shape index (κ1) is 23.1. The maximum atomic E-state index is 14.4. The molecule has 0 bridgehead atoms. The number of fused-ring (bicyclic) bond motifs is 1. The maximum absolute atomic E-state index is 14.4. The van der Waals surface area contributed by atoms with Crippen molar-refractivity contribution >= 4 is 22.6 Å². The van der Waals surface area contributed by atoms with Gasteiger partial charge in [0.1, 0.15) is 30.1 Å². The van der Waals surface area contributed by atoms with Gasteiger partial charge in [0, 0.05) is 18.9 Å². The van der Waals surface area contributed by atoms with Gasteiger partial charge in [-0.15, -0.1) is 0 Å². The van der Waals surface area contributed by atoms with Gasteiger partial charge in [0.15, 0.2) is 0 Å². The highest BCUT2D eigenvalue weighted by molar-refractivity contribution is 5.96. The molecule has 0 saturated carbocycles. The zero-order valence-corrected chi connectivity index (χ0v) is 19.6. The number of carbonyl (C=O) groups is 1. The van der Waals surface area contributed by atoms with Gasteiger partial charge in [-0.05, 0) is 48.4 Å². The monoisotopic (exact) mass is 473 g/mol. The van der Waals surface area contributed by atoms with Crippen molar-refractivity contribution in [1.82, 2.24) is 9.55 Å². The normalized spacial score (nSPS) is 16.7. The van der Waals surface area contributed by atoms with Crippen LogP contribution in [0.15, 0.2) is 72.8 Å². The number of aromatic nitrogens is 2. The quantitative estimate of drug-likeness (QED) is 0.403. The van der Waals surface area contributed by atoms with E-state index < -0.39 is 11.9 Å². The summed E-state index contributed by atoms with van der Waals surface area (Å²) in [6.07, 6.45) is 0.405. The Morgan fingerprint density at radius 2 is 1.83 bits per heavy atom. The van der Waals surface area contributed by atoms with Crippen molar-refractivity contribution in [1.29, 1.82) is 0 Å². The SMILES string of the molecule is CCc1ccc(OC[C@H](O)Cn2c([C@H]3CC(=O)N(c4ccccc4F)C3)nc3ccccc32)cc1. The first-order chi connectivity index (χ1) is 17.0. The van der Waals surface area contributed by atoms with Crippen LogP contribution in [0.2, 0.25) is 0 Å². The molecule has 0 spiro atoms. The van der Waals surface area contributed by atoms with Gasteiger partial charge in [0.25, 0.3) is 0 Å². The maximum Gasteiger partial charge on any atom is 0.227 e. The van der Waals surface area contributed by atoms with Crippen LogP contribution >= 0.6 is 0 Å². The number of carbonyl (C=O) groups excluding carboxylic acids is 1. The van der Waals surface area contributed by atoms with Crippen LogP contribution in [0.1, 0.15) is 30.7 Å². The highest BCUT2D eigenvalue weighted by Crippen LogP contribution is 2.34. The van der Waals surface area contributed by atoms with E-state index >= 15 is 0 Å². The molecule has 1 fully saturated rings. The standard InChI is InChI=1S/C28H28FN3O3/c1-2-19-11-13-22(14-12-19)35-18-21(33)17-32-26-10-6-4-8-24(26)30-28(32)20-15-27(34)31(16-20)25-9-5-3-7-23(25)29/h3-14,20-21,33H,2,15-18H2,1H3/t20-,21+/m0/s1. The largest absolute Gasteiger partial charge is 0.491 e. The van der Waals surface area contributed by atoms with E-state index in [1.54, 1.807) is 18.2 Å². The van der Waals surface area contributed by atoms with Crippen molar-refractivity contribution in [2.24, 2.45) is 0 Å². The lowest BCUT2D eigenvalue weighted by atomic mass is 10.1. The zero-order chi connectivity index (χ0) is 24.4. The number of aliphatic hydroxyl groups is 1. The van der Waals surface area contributed by atoms with Gasteiger partial charge in [0.2, 0.25) is 5.91 Å². The minimum Gasteiger partial charge on any atom is -0.491 e. The van der Waals surface area contributed by atoms with E-state index in [4.69, 9.17) is 9.72 Å². The topological polar surface area (TPSA) is 67.6 Å². The van der Waals surface area contributed by atoms with E-state index in [0.717, 1.165) is 17.5 Å². The summed E-state index contributed by atoms with van der Waals surface area (Å²) in [4.78, 5) is 19.1. The van der Waals surface area contributed by atoms with Crippen LogP contribution in [0.4, 0.5) is 10.1 Å². The summed E-state index contributed by atoms with van der Waals surface area (Å²) < 4.78 is 22.1. The number of benzene rings is 3. The molecule has 0 aliphatic carbocycles. The number of rotatable bonds is 8. The molecule has 1 saturated heterocycles. The smallest absolute Gasteiger partial charge is 0.227 e. The summed E-state index contributed by atoms with van der Waals surface area (Å²) in [5.74, 6) is 0.639. The van der Waals surface area contributed by atoms with Crippen LogP contribution in [0.3, 0.4) is 0 Å². The molecule has 3 aromatic carbocycles. The number of para-hydroxylation sites is 3. The number of anilines is 1. The second kappa shape index (κ2) is 9.88. The van der Waals surface area contributed by atoms with E-state index in [9.17, 15) is 14.3 Å². The van der Waals surface area contributed by atoms with E-state index in [1.807, 2.05) is 53.1 Å². The van der Waals surface area contributed by atoms with Gasteiger partial charge in [-0.3, -0.25) is 4.79 Å². The fourth-order valence-electron chi connectivity index (χ4n) is 4.66. The number of aryl methyl sites for hydroxylation is 1. The summed E-state index contributed by atoms with van der Waals surface area (Å²) in [5, 5.41) is 10.8. The minimum atomic E-state index is -0.781. The Bertz CT molecular complexity index is 1340. The van der Waals surface area contributed by atoms with Crippen molar-refractivity contribution in [2.75, 3.05) is 18.1 Å². The lowest BCUT2D eigenvalue weighted by Gasteiger charge is -2.19. The van der Waals surface area contributed by atoms with E-state index in [1.165, 1.54) is 16.5 Å². The second-order valence-electron chi connectivity index (χ2n) is 8.89. The lowest BCUT2D eigenvalue weighted by Crippen LogP contribution is -2.27. The molecule has 2 atom stereocenters. The highest BCUT2D eigenvalue weighted by atomic mass is 19.1. The summed E-state index contributed by atoms with van der Waals surface area (Å²) >= 11 is 0. The minimum absolute atomic E-state index is 0.127. The molecule has 180 valence electrons. The Kier molecular flexibility index (Phi) is 6.51. The number of ether oxygens (including phenoxy) is 1. The number of amides is 1. The summed E-state index contributed by atoms with van der Waals surface area (Å²) in [5.41, 5.74) is 3.18. The van der Waals surface area contributed by atoms with Crippen LogP contribution < -0.4 is 9.64 Å². The predicted octanol–water partition coefficient (Wildman–Crippen LogP) is 4.70. The molecule has 7 heteroatoms. The number of nitrogens with zero attached hydrogens (tertiary/aromatic N) is 3. The molecular formula is C28H28FN3O3. The number of halogens is 1. The van der Waals surface area contributed by atoms with Crippen LogP contribution in [-0.2, 0) is 17.8 Å². The second-order valence-corrected chi connectivity index (χ2v) is 8.89. The molecule has 1 aliphatic rings. The Labute approximate surface area is 203 Å². The Balaban J connectivity index is 1.36. The molecule has 4 aromatic rings. The van der Waals surface area contributed by atoms with Crippen LogP contribution in [-0.4, -0.2) is 39.8 Å². The number of hydrogen-bond acceptors (Lipinski definition) is 4. The van der Waals surface area contributed by atoms with Gasteiger partial charge < -0.3 is 19.3 Å². The first-order valence-electron chi connectivity index (χ1n) is 11.9. The van der Waals surface area contributed by atoms with Crippen LogP contribution in [0.25, 0.3) is 11.0 Å². The van der Waals surface area contributed by atoms with Crippen molar-refractivity contribution in [2.45, 2.75) is 38.3 Å². The predicted molar refractivity (Wildman–Crippen MR) is 133 cm³/mol. The average molecular weight is 474 g/mol. The first-order valence-corrected chi connectivity index (χ1v) is 11.9. The molecule has 1 aromatic heterocycles. The lowest BCUT2D eigenvalue weighted by molar-refractivity contribution is -0.117. The molecule has 6 nitrogen and oxygen atoms in total. The molecular weight excluding hydrogens is 445 g/mol. The van der Waals surface area contributed by atoms with Gasteiger partial charge >= 0.3 is 0 Å². The van der Waals surface area contributed by atoms with Gasteiger partial charge in [-0.25, -0.2) is 9.37 Å². The van der Waals surface area contributed by atoms with Crippen molar-refractivity contribution in [3.8, 4) is 5.75 Å². The third-order valence-electron chi connectivity index (χ3n) is 6.48. The molecule has 1 N–H and O–H groups in total. The molecule has 0 unspecified atom stereocenters. The average Bonchev–Trinajstić information content (AvgIpc) is 3.44. The van der Waals surface area contributed by atoms with E-state index in [2.05, 4.69) is 6.92 Å². The fourth-order valence-corrected chi connectivity index (χ4v) is 4.66. The Morgan fingerprint density at radius 3 is 2.60 bits per heavy atom. The molecule has 0 radical (unpaired) electrons. The van der Waals surface area contributed by atoms with Gasteiger partial charge in [-0.2, -0.15) is 0 Å². The third kappa shape index (κ3) is 4.77. The van der Waals surface area contributed by atoms with Crippen LogP contribution in [0, 0.1) is 5.82 Å². The van der Waals surface area contributed by atoms with Crippen LogP contribution in [0.5, 0.6) is 5.75 Å². The number of aliphatic hydroxyl groups excluding tert-OH is 1. The van der Waals surface area contributed by atoms with Crippen molar-refractivity contribution in [3.63, 3.8) is 0 Å². The van der Waals surface area contributed by atoms with Crippen molar-refractivity contribution in [3.05, 3.63) is 90.0 Å². The van der Waals surface area contributed by atoms with Gasteiger partial charge in [-0.1, -0.05) is 43.3 Å². The molecule has 1 aliphatic heterocycles. The van der Waals surface area contributed by atoms with Gasteiger partial charge in [0.05, 0.1) is 23.3 Å². The summed E-state index contributed by atoms with van der Waals surface area (Å²) in [6.45, 7) is 2.83. The third-order valence-corrected chi connectivity index (χ3v) is 6.48. The highest BCUT2D eigenvalue weighted by Gasteiger charge is 2.36. The molecule has 5 rings (SSSR count). The number of imidazole rings is 1. The summed E-state index contributed by atoms with van der Waals surface area (Å²) in [7, 11) is 0. The molecule has 1 amide bonds. The van der Waals surface area contributed by atoms with E-state index in [-0.39, 0.29) is 37.1 Å². The molecule has 35 heavy (non-hydrogen) atoms. The molecule has 2 heterocycles. The summed E-state index contributed by atoms with van der Waals surface area (Å²) in [6, 6.07) is 21.9. The fraction of sp³-hybridized carbons (Fsp3) is 0.286. The zero-order valence-electron chi connectivity index (χ0n) is 19.6. The van der Waals surface area contributed by atoms with E-state index in [0.29, 0.717) is 18.1 Å². The van der Waals surface area contributed by atoms with Crippen molar-refractivity contribution < 1.29 is 19.0 Å².